The van der Waals surface area contributed by atoms with Gasteiger partial charge in [0.05, 0.1) is 24.6 Å². The number of nitrogens with zero attached hydrogens (tertiary/aromatic N) is 3. The van der Waals surface area contributed by atoms with Crippen LogP contribution in [0, 0.1) is 5.82 Å². The first-order valence-electron chi connectivity index (χ1n) is 8.75. The first-order chi connectivity index (χ1) is 14.0. The van der Waals surface area contributed by atoms with Crippen LogP contribution in [0.2, 0.25) is 0 Å². The molecule has 8 heteroatoms. The Labute approximate surface area is 165 Å². The van der Waals surface area contributed by atoms with Gasteiger partial charge in [0.15, 0.2) is 5.82 Å². The number of carboxylic acid groups (broad SMARTS) is 1. The first kappa shape index (κ1) is 18.3. The molecule has 0 aliphatic carbocycles. The van der Waals surface area contributed by atoms with E-state index >= 15 is 0 Å². The minimum atomic E-state index is -1.25. The molecule has 4 aromatic rings. The Morgan fingerprint density at radius 1 is 1.10 bits per heavy atom. The van der Waals surface area contributed by atoms with E-state index in [1.54, 1.807) is 53.2 Å². The van der Waals surface area contributed by atoms with Crippen LogP contribution in [-0.2, 0) is 6.54 Å². The fourth-order valence-corrected chi connectivity index (χ4v) is 2.98. The number of fused-ring (bicyclic) bond motifs is 1. The van der Waals surface area contributed by atoms with E-state index in [1.165, 1.54) is 12.1 Å². The van der Waals surface area contributed by atoms with Crippen LogP contribution in [0.5, 0.6) is 11.5 Å². The molecule has 2 aromatic heterocycles. The molecule has 0 aliphatic rings. The summed E-state index contributed by atoms with van der Waals surface area (Å²) in [7, 11) is 0. The third-order valence-electron chi connectivity index (χ3n) is 4.30. The van der Waals surface area contributed by atoms with Crippen LogP contribution in [0.4, 0.5) is 20.7 Å². The molecule has 0 saturated carbocycles. The number of nitrogen functional groups attached to an aromatic ring is 1. The van der Waals surface area contributed by atoms with E-state index in [9.17, 15) is 14.3 Å². The number of hydrogen-bond donors (Lipinski definition) is 2. The van der Waals surface area contributed by atoms with Gasteiger partial charge >= 0.3 is 6.09 Å². The summed E-state index contributed by atoms with van der Waals surface area (Å²) in [6.07, 6.45) is 2.06. The number of hydrogen-bond acceptors (Lipinski definition) is 4. The van der Waals surface area contributed by atoms with Gasteiger partial charge in [0.25, 0.3) is 0 Å². The van der Waals surface area contributed by atoms with Crippen molar-refractivity contribution in [3.63, 3.8) is 0 Å². The van der Waals surface area contributed by atoms with Crippen molar-refractivity contribution in [1.82, 2.24) is 9.38 Å². The molecule has 0 aliphatic heterocycles. The summed E-state index contributed by atoms with van der Waals surface area (Å²) in [6, 6.07) is 16.5. The van der Waals surface area contributed by atoms with Crippen molar-refractivity contribution in [2.75, 3.05) is 10.6 Å². The highest BCUT2D eigenvalue weighted by Gasteiger charge is 2.19. The van der Waals surface area contributed by atoms with Crippen molar-refractivity contribution in [2.24, 2.45) is 0 Å². The summed E-state index contributed by atoms with van der Waals surface area (Å²) in [5, 5.41) is 9.53. The SMILES string of the molecule is Nc1cn2cc(Oc3ccc(N(Cc4ccccc4)C(=O)O)c(F)c3)ccc2n1. The van der Waals surface area contributed by atoms with Crippen LogP contribution in [0.1, 0.15) is 5.56 Å². The molecule has 0 unspecified atom stereocenters. The predicted molar refractivity (Wildman–Crippen MR) is 107 cm³/mol. The molecule has 0 bridgehead atoms. The molecule has 0 radical (unpaired) electrons. The molecule has 146 valence electrons. The molecule has 4 rings (SSSR count). The third kappa shape index (κ3) is 3.96. The summed E-state index contributed by atoms with van der Waals surface area (Å²) in [5.74, 6) is 0.378. The molecule has 0 saturated heterocycles. The molecule has 0 fully saturated rings. The monoisotopic (exact) mass is 392 g/mol. The fourth-order valence-electron chi connectivity index (χ4n) is 2.98. The van der Waals surface area contributed by atoms with E-state index in [4.69, 9.17) is 10.5 Å². The van der Waals surface area contributed by atoms with E-state index in [-0.39, 0.29) is 18.0 Å². The number of amides is 1. The van der Waals surface area contributed by atoms with E-state index in [1.807, 2.05) is 6.07 Å². The summed E-state index contributed by atoms with van der Waals surface area (Å²) >= 11 is 0. The number of halogens is 1. The van der Waals surface area contributed by atoms with Crippen molar-refractivity contribution >= 4 is 23.2 Å². The lowest BCUT2D eigenvalue weighted by Crippen LogP contribution is -2.29. The van der Waals surface area contributed by atoms with Crippen LogP contribution in [0.25, 0.3) is 5.65 Å². The number of aromatic nitrogens is 2. The molecule has 1 amide bonds. The maximum absolute atomic E-state index is 14.7. The average molecular weight is 392 g/mol. The number of anilines is 2. The minimum Gasteiger partial charge on any atom is -0.465 e. The molecule has 0 spiro atoms. The highest BCUT2D eigenvalue weighted by molar-refractivity contribution is 5.86. The molecule has 3 N–H and O–H groups in total. The fraction of sp³-hybridized carbons (Fsp3) is 0.0476. The largest absolute Gasteiger partial charge is 0.465 e. The average Bonchev–Trinajstić information content (AvgIpc) is 3.07. The lowest BCUT2D eigenvalue weighted by Gasteiger charge is -2.20. The molecule has 7 nitrogen and oxygen atoms in total. The van der Waals surface area contributed by atoms with Gasteiger partial charge in [-0.2, -0.15) is 0 Å². The van der Waals surface area contributed by atoms with Gasteiger partial charge in [-0.15, -0.1) is 0 Å². The molecule has 2 heterocycles. The first-order valence-corrected chi connectivity index (χ1v) is 8.75. The summed E-state index contributed by atoms with van der Waals surface area (Å²) < 4.78 is 22.1. The number of benzene rings is 2. The van der Waals surface area contributed by atoms with Crippen LogP contribution in [0.3, 0.4) is 0 Å². The quantitative estimate of drug-likeness (QED) is 0.520. The number of pyridine rings is 1. The lowest BCUT2D eigenvalue weighted by atomic mass is 10.2. The molecule has 0 atom stereocenters. The van der Waals surface area contributed by atoms with Gasteiger partial charge < -0.3 is 20.0 Å². The van der Waals surface area contributed by atoms with Gasteiger partial charge in [-0.1, -0.05) is 30.3 Å². The zero-order chi connectivity index (χ0) is 20.4. The summed E-state index contributed by atoms with van der Waals surface area (Å²) in [4.78, 5) is 16.7. The van der Waals surface area contributed by atoms with Crippen LogP contribution >= 0.6 is 0 Å². The maximum atomic E-state index is 14.7. The molecular formula is C21H17FN4O3. The number of rotatable bonds is 5. The van der Waals surface area contributed by atoms with E-state index < -0.39 is 11.9 Å². The van der Waals surface area contributed by atoms with E-state index in [0.29, 0.717) is 17.2 Å². The second kappa shape index (κ2) is 7.51. The standard InChI is InChI=1S/C21H17FN4O3/c22-17-10-15(29-16-7-9-20-24-19(23)13-25(20)12-16)6-8-18(17)26(21(27)28)11-14-4-2-1-3-5-14/h1-10,12-13H,11,23H2,(H,27,28). The Morgan fingerprint density at radius 2 is 1.86 bits per heavy atom. The van der Waals surface area contributed by atoms with Gasteiger partial charge in [-0.05, 0) is 29.8 Å². The lowest BCUT2D eigenvalue weighted by molar-refractivity contribution is 0.201. The second-order valence-corrected chi connectivity index (χ2v) is 6.37. The summed E-state index contributed by atoms with van der Waals surface area (Å²) in [6.45, 7) is 0.0337. The molecule has 2 aromatic carbocycles. The number of nitrogens with two attached hydrogens (primary N) is 1. The predicted octanol–water partition coefficient (Wildman–Crippen LogP) is 4.53. The van der Waals surface area contributed by atoms with Gasteiger partial charge in [0, 0.05) is 6.07 Å². The highest BCUT2D eigenvalue weighted by atomic mass is 19.1. The Hall–Kier alpha value is -4.07. The third-order valence-corrected chi connectivity index (χ3v) is 4.30. The number of ether oxygens (including phenoxy) is 1. The van der Waals surface area contributed by atoms with Crippen LogP contribution < -0.4 is 15.4 Å². The van der Waals surface area contributed by atoms with Gasteiger partial charge in [0.1, 0.15) is 23.0 Å². The summed E-state index contributed by atoms with van der Waals surface area (Å²) in [5.41, 5.74) is 7.03. The van der Waals surface area contributed by atoms with Gasteiger partial charge in [-0.25, -0.2) is 14.2 Å². The van der Waals surface area contributed by atoms with Gasteiger partial charge in [-0.3, -0.25) is 4.90 Å². The zero-order valence-electron chi connectivity index (χ0n) is 15.2. The Bertz CT molecular complexity index is 1180. The van der Waals surface area contributed by atoms with Crippen molar-refractivity contribution in [2.45, 2.75) is 6.54 Å². The number of carbonyl (C=O) groups is 1. The highest BCUT2D eigenvalue weighted by Crippen LogP contribution is 2.29. The van der Waals surface area contributed by atoms with Crippen molar-refractivity contribution < 1.29 is 19.0 Å². The Kier molecular flexibility index (Phi) is 4.74. The van der Waals surface area contributed by atoms with Crippen molar-refractivity contribution in [3.8, 4) is 11.5 Å². The maximum Gasteiger partial charge on any atom is 0.412 e. The smallest absolute Gasteiger partial charge is 0.412 e. The Morgan fingerprint density at radius 3 is 2.59 bits per heavy atom. The molecular weight excluding hydrogens is 375 g/mol. The van der Waals surface area contributed by atoms with E-state index in [2.05, 4.69) is 4.98 Å². The second-order valence-electron chi connectivity index (χ2n) is 6.37. The van der Waals surface area contributed by atoms with Gasteiger partial charge in [0.2, 0.25) is 0 Å². The topological polar surface area (TPSA) is 93.1 Å². The molecule has 29 heavy (non-hydrogen) atoms. The number of imidazole rings is 1. The van der Waals surface area contributed by atoms with Crippen molar-refractivity contribution in [1.29, 1.82) is 0 Å². The van der Waals surface area contributed by atoms with Crippen LogP contribution in [0.15, 0.2) is 73.1 Å². The normalized spacial score (nSPS) is 10.8. The van der Waals surface area contributed by atoms with E-state index in [0.717, 1.165) is 16.5 Å². The van der Waals surface area contributed by atoms with Crippen LogP contribution in [-0.4, -0.2) is 20.6 Å². The Balaban J connectivity index is 1.57. The minimum absolute atomic E-state index is 0.0337. The zero-order valence-corrected chi connectivity index (χ0v) is 15.2. The van der Waals surface area contributed by atoms with Crippen molar-refractivity contribution in [3.05, 3.63) is 84.4 Å².